The van der Waals surface area contributed by atoms with Gasteiger partial charge in [0.15, 0.2) is 0 Å². The van der Waals surface area contributed by atoms with E-state index >= 15 is 0 Å². The third-order valence-corrected chi connectivity index (χ3v) is 5.97. The Balaban J connectivity index is 1.80. The highest BCUT2D eigenvalue weighted by Crippen LogP contribution is 2.29. The summed E-state index contributed by atoms with van der Waals surface area (Å²) >= 11 is 1.49. The van der Waals surface area contributed by atoms with E-state index in [1.165, 1.54) is 11.3 Å². The highest BCUT2D eigenvalue weighted by molar-refractivity contribution is 7.13. The van der Waals surface area contributed by atoms with Crippen LogP contribution in [0.3, 0.4) is 0 Å². The Bertz CT molecular complexity index is 898. The molecule has 1 N–H and O–H groups in total. The van der Waals surface area contributed by atoms with Crippen molar-refractivity contribution in [2.24, 2.45) is 0 Å². The zero-order chi connectivity index (χ0) is 18.8. The average molecular weight is 369 g/mol. The predicted octanol–water partition coefficient (Wildman–Crippen LogP) is 4.80. The van der Waals surface area contributed by atoms with Gasteiger partial charge in [-0.15, -0.1) is 11.3 Å². The Kier molecular flexibility index (Phi) is 5.23. The maximum absolute atomic E-state index is 13.0. The minimum atomic E-state index is -0.114. The lowest BCUT2D eigenvalue weighted by atomic mass is 10.1. The zero-order valence-corrected chi connectivity index (χ0v) is 16.6. The Hall–Kier alpha value is -2.47. The van der Waals surface area contributed by atoms with Crippen LogP contribution in [0.5, 0.6) is 0 Å². The SMILES string of the molecule is Cc1nc(C(C)C)sc1C(=O)N(C)C(C)c1cc(-c2ccccc2)n[nH]1. The number of benzene rings is 1. The minimum Gasteiger partial charge on any atom is -0.333 e. The summed E-state index contributed by atoms with van der Waals surface area (Å²) in [6.07, 6.45) is 0. The number of aryl methyl sites for hydroxylation is 1. The number of hydrogen-bond donors (Lipinski definition) is 1. The van der Waals surface area contributed by atoms with E-state index in [0.717, 1.165) is 27.7 Å². The van der Waals surface area contributed by atoms with Crippen molar-refractivity contribution < 1.29 is 4.79 Å². The fourth-order valence-corrected chi connectivity index (χ4v) is 3.77. The number of hydrogen-bond acceptors (Lipinski definition) is 4. The van der Waals surface area contributed by atoms with Crippen molar-refractivity contribution in [3.63, 3.8) is 0 Å². The van der Waals surface area contributed by atoms with E-state index in [1.807, 2.05) is 57.3 Å². The molecule has 2 aromatic heterocycles. The molecule has 136 valence electrons. The van der Waals surface area contributed by atoms with Gasteiger partial charge in [-0.3, -0.25) is 9.89 Å². The number of carbonyl (C=O) groups excluding carboxylic acids is 1. The molecule has 0 bridgehead atoms. The van der Waals surface area contributed by atoms with Gasteiger partial charge in [0.1, 0.15) is 4.88 Å². The van der Waals surface area contributed by atoms with Gasteiger partial charge in [0, 0.05) is 18.5 Å². The molecule has 3 rings (SSSR count). The highest BCUT2D eigenvalue weighted by atomic mass is 32.1. The molecule has 0 aliphatic carbocycles. The summed E-state index contributed by atoms with van der Waals surface area (Å²) in [5.41, 5.74) is 3.64. The van der Waals surface area contributed by atoms with Gasteiger partial charge in [-0.25, -0.2) is 4.98 Å². The topological polar surface area (TPSA) is 61.9 Å². The number of thiazole rings is 1. The van der Waals surface area contributed by atoms with Gasteiger partial charge in [0.2, 0.25) is 0 Å². The fraction of sp³-hybridized carbons (Fsp3) is 0.350. The van der Waals surface area contributed by atoms with Crippen LogP contribution >= 0.6 is 11.3 Å². The summed E-state index contributed by atoms with van der Waals surface area (Å²) in [4.78, 5) is 20.0. The molecule has 5 nitrogen and oxygen atoms in total. The van der Waals surface area contributed by atoms with Crippen molar-refractivity contribution in [3.05, 3.63) is 57.7 Å². The summed E-state index contributed by atoms with van der Waals surface area (Å²) in [5.74, 6) is 0.319. The van der Waals surface area contributed by atoms with Crippen LogP contribution in [-0.4, -0.2) is 33.0 Å². The summed E-state index contributed by atoms with van der Waals surface area (Å²) < 4.78 is 0. The normalized spacial score (nSPS) is 12.4. The van der Waals surface area contributed by atoms with E-state index in [2.05, 4.69) is 29.0 Å². The van der Waals surface area contributed by atoms with Crippen molar-refractivity contribution in [1.82, 2.24) is 20.1 Å². The van der Waals surface area contributed by atoms with Gasteiger partial charge < -0.3 is 4.90 Å². The second-order valence-electron chi connectivity index (χ2n) is 6.79. The summed E-state index contributed by atoms with van der Waals surface area (Å²) in [6.45, 7) is 8.08. The Labute approximate surface area is 158 Å². The quantitative estimate of drug-likeness (QED) is 0.704. The molecular weight excluding hydrogens is 344 g/mol. The van der Waals surface area contributed by atoms with Gasteiger partial charge >= 0.3 is 0 Å². The molecule has 0 radical (unpaired) electrons. The molecule has 3 aromatic rings. The maximum Gasteiger partial charge on any atom is 0.266 e. The van der Waals surface area contributed by atoms with Crippen LogP contribution in [0.15, 0.2) is 36.4 Å². The molecule has 6 heteroatoms. The van der Waals surface area contributed by atoms with Crippen LogP contribution in [0.4, 0.5) is 0 Å². The van der Waals surface area contributed by atoms with E-state index in [9.17, 15) is 4.79 Å². The molecule has 26 heavy (non-hydrogen) atoms. The minimum absolute atomic E-state index is 0.00439. The van der Waals surface area contributed by atoms with Gasteiger partial charge in [0.25, 0.3) is 5.91 Å². The first-order valence-corrected chi connectivity index (χ1v) is 9.55. The second-order valence-corrected chi connectivity index (χ2v) is 7.82. The van der Waals surface area contributed by atoms with E-state index in [1.54, 1.807) is 4.90 Å². The number of rotatable bonds is 5. The molecule has 0 saturated carbocycles. The molecule has 1 amide bonds. The van der Waals surface area contributed by atoms with Crippen LogP contribution in [0, 0.1) is 6.92 Å². The smallest absolute Gasteiger partial charge is 0.266 e. The highest BCUT2D eigenvalue weighted by Gasteiger charge is 2.25. The zero-order valence-electron chi connectivity index (χ0n) is 15.8. The summed E-state index contributed by atoms with van der Waals surface area (Å²) in [5, 5.41) is 8.47. The number of nitrogens with zero attached hydrogens (tertiary/aromatic N) is 3. The first-order valence-electron chi connectivity index (χ1n) is 8.73. The van der Waals surface area contributed by atoms with Gasteiger partial charge in [-0.1, -0.05) is 44.2 Å². The van der Waals surface area contributed by atoms with Crippen LogP contribution < -0.4 is 0 Å². The molecule has 1 atom stereocenters. The molecular formula is C20H24N4OS. The molecule has 0 spiro atoms. The van der Waals surface area contributed by atoms with E-state index < -0.39 is 0 Å². The van der Waals surface area contributed by atoms with Crippen molar-refractivity contribution in [1.29, 1.82) is 0 Å². The summed E-state index contributed by atoms with van der Waals surface area (Å²) in [7, 11) is 1.82. The lowest BCUT2D eigenvalue weighted by molar-refractivity contribution is 0.0743. The number of aromatic amines is 1. The molecule has 0 fully saturated rings. The molecule has 1 unspecified atom stereocenters. The first-order chi connectivity index (χ1) is 12.4. The Morgan fingerprint density at radius 3 is 2.50 bits per heavy atom. The second kappa shape index (κ2) is 7.41. The van der Waals surface area contributed by atoms with Crippen LogP contribution in [0.1, 0.15) is 58.8 Å². The monoisotopic (exact) mass is 368 g/mol. The van der Waals surface area contributed by atoms with E-state index in [-0.39, 0.29) is 11.9 Å². The largest absolute Gasteiger partial charge is 0.333 e. The molecule has 0 aliphatic heterocycles. The third-order valence-electron chi connectivity index (χ3n) is 4.52. The van der Waals surface area contributed by atoms with Crippen molar-refractivity contribution in [2.75, 3.05) is 7.05 Å². The van der Waals surface area contributed by atoms with Crippen LogP contribution in [-0.2, 0) is 0 Å². The number of amides is 1. The maximum atomic E-state index is 13.0. The number of carbonyl (C=O) groups is 1. The average Bonchev–Trinajstić information content (AvgIpc) is 3.27. The van der Waals surface area contributed by atoms with Crippen molar-refractivity contribution >= 4 is 17.2 Å². The summed E-state index contributed by atoms with van der Waals surface area (Å²) in [6, 6.07) is 11.9. The van der Waals surface area contributed by atoms with Gasteiger partial charge in [0.05, 0.1) is 28.1 Å². The van der Waals surface area contributed by atoms with E-state index in [4.69, 9.17) is 0 Å². The Morgan fingerprint density at radius 1 is 1.19 bits per heavy atom. The van der Waals surface area contributed by atoms with Gasteiger partial charge in [-0.2, -0.15) is 5.10 Å². The van der Waals surface area contributed by atoms with Gasteiger partial charge in [-0.05, 0) is 19.9 Å². The standard InChI is InChI=1S/C20H24N4OS/c1-12(2)19-21-13(3)18(26-19)20(25)24(5)14(4)16-11-17(23-22-16)15-9-7-6-8-10-15/h6-12,14H,1-5H3,(H,22,23). The van der Waals surface area contributed by atoms with Crippen LogP contribution in [0.25, 0.3) is 11.3 Å². The molecule has 0 aliphatic rings. The lowest BCUT2D eigenvalue weighted by Gasteiger charge is -2.23. The Morgan fingerprint density at radius 2 is 1.88 bits per heavy atom. The lowest BCUT2D eigenvalue weighted by Crippen LogP contribution is -2.29. The predicted molar refractivity (Wildman–Crippen MR) is 105 cm³/mol. The fourth-order valence-electron chi connectivity index (χ4n) is 2.71. The molecule has 2 heterocycles. The number of nitrogens with one attached hydrogen (secondary N) is 1. The van der Waals surface area contributed by atoms with Crippen LogP contribution in [0.2, 0.25) is 0 Å². The number of H-pyrrole nitrogens is 1. The molecule has 0 saturated heterocycles. The van der Waals surface area contributed by atoms with Crippen molar-refractivity contribution in [2.45, 2.75) is 39.7 Å². The molecule has 1 aromatic carbocycles. The van der Waals surface area contributed by atoms with Crippen molar-refractivity contribution in [3.8, 4) is 11.3 Å². The third kappa shape index (κ3) is 3.55. The first kappa shape index (κ1) is 18.3. The number of aromatic nitrogens is 3. The van der Waals surface area contributed by atoms with E-state index in [0.29, 0.717) is 10.8 Å².